The van der Waals surface area contributed by atoms with Gasteiger partial charge in [0, 0.05) is 12.1 Å². The lowest BCUT2D eigenvalue weighted by Crippen LogP contribution is -2.21. The predicted molar refractivity (Wildman–Crippen MR) is 77.9 cm³/mol. The van der Waals surface area contributed by atoms with E-state index in [0.29, 0.717) is 17.8 Å². The summed E-state index contributed by atoms with van der Waals surface area (Å²) < 4.78 is 0. The smallest absolute Gasteiger partial charge is 0.0887 e. The van der Waals surface area contributed by atoms with Crippen LogP contribution in [-0.2, 0) is 0 Å². The third-order valence-electron chi connectivity index (χ3n) is 3.12. The summed E-state index contributed by atoms with van der Waals surface area (Å²) in [5, 5.41) is 21.8. The van der Waals surface area contributed by atoms with Gasteiger partial charge in [0.25, 0.3) is 0 Å². The predicted octanol–water partition coefficient (Wildman–Crippen LogP) is 2.56. The van der Waals surface area contributed by atoms with Crippen molar-refractivity contribution in [2.45, 2.75) is 12.5 Å². The van der Waals surface area contributed by atoms with Crippen molar-refractivity contribution in [2.75, 3.05) is 5.73 Å². The van der Waals surface area contributed by atoms with Gasteiger partial charge in [-0.1, -0.05) is 47.6 Å². The number of nitrogen functional groups attached to an aromatic ring is 1. The molecule has 0 aliphatic rings. The SMILES string of the molecule is Nc1ccc(C(C/C(=N/O)c2ccccc2)NO)cc1. The molecule has 0 saturated carbocycles. The fraction of sp³-hybridized carbons (Fsp3) is 0.133. The number of nitrogens with zero attached hydrogens (tertiary/aromatic N) is 1. The Kier molecular flexibility index (Phi) is 4.70. The number of benzene rings is 2. The standard InChI is InChI=1S/C15H17N3O2/c16-13-8-6-12(7-9-13)15(18-20)10-14(17-19)11-4-2-1-3-5-11/h1-9,15,18-20H,10,16H2/b17-14-. The first kappa shape index (κ1) is 14.0. The average molecular weight is 271 g/mol. The molecular weight excluding hydrogens is 254 g/mol. The second-order valence-corrected chi connectivity index (χ2v) is 4.47. The molecular formula is C15H17N3O2. The van der Waals surface area contributed by atoms with Gasteiger partial charge in [-0.3, -0.25) is 0 Å². The summed E-state index contributed by atoms with van der Waals surface area (Å²) >= 11 is 0. The number of hydrogen-bond acceptors (Lipinski definition) is 5. The summed E-state index contributed by atoms with van der Waals surface area (Å²) in [6.07, 6.45) is 0.348. The van der Waals surface area contributed by atoms with E-state index < -0.39 is 0 Å². The summed E-state index contributed by atoms with van der Waals surface area (Å²) in [4.78, 5) is 0. The molecule has 0 aliphatic carbocycles. The minimum atomic E-state index is -0.373. The lowest BCUT2D eigenvalue weighted by atomic mass is 9.98. The molecule has 2 aromatic rings. The number of oxime groups is 1. The maximum atomic E-state index is 9.32. The zero-order valence-electron chi connectivity index (χ0n) is 10.9. The molecule has 104 valence electrons. The third-order valence-corrected chi connectivity index (χ3v) is 3.12. The quantitative estimate of drug-likeness (QED) is 0.291. The van der Waals surface area contributed by atoms with Crippen LogP contribution in [0.3, 0.4) is 0 Å². The van der Waals surface area contributed by atoms with Gasteiger partial charge in [-0.05, 0) is 23.3 Å². The fourth-order valence-electron chi connectivity index (χ4n) is 2.01. The molecule has 0 saturated heterocycles. The number of anilines is 1. The van der Waals surface area contributed by atoms with E-state index in [9.17, 15) is 10.4 Å². The van der Waals surface area contributed by atoms with E-state index in [2.05, 4.69) is 10.6 Å². The second-order valence-electron chi connectivity index (χ2n) is 4.47. The minimum absolute atomic E-state index is 0.348. The summed E-state index contributed by atoms with van der Waals surface area (Å²) in [6.45, 7) is 0. The van der Waals surface area contributed by atoms with E-state index in [0.717, 1.165) is 11.1 Å². The number of hydrogen-bond donors (Lipinski definition) is 4. The maximum Gasteiger partial charge on any atom is 0.0887 e. The highest BCUT2D eigenvalue weighted by molar-refractivity contribution is 6.00. The fourth-order valence-corrected chi connectivity index (χ4v) is 2.01. The van der Waals surface area contributed by atoms with Gasteiger partial charge >= 0.3 is 0 Å². The summed E-state index contributed by atoms with van der Waals surface area (Å²) in [6, 6.07) is 16.1. The van der Waals surface area contributed by atoms with E-state index in [-0.39, 0.29) is 6.04 Å². The van der Waals surface area contributed by atoms with Crippen LogP contribution in [0.1, 0.15) is 23.6 Å². The van der Waals surface area contributed by atoms with Crippen molar-refractivity contribution in [1.82, 2.24) is 5.48 Å². The number of nitrogens with two attached hydrogens (primary N) is 1. The van der Waals surface area contributed by atoms with Crippen molar-refractivity contribution < 1.29 is 10.4 Å². The van der Waals surface area contributed by atoms with E-state index in [1.165, 1.54) is 0 Å². The first-order valence-electron chi connectivity index (χ1n) is 6.26. The van der Waals surface area contributed by atoms with Gasteiger partial charge in [0.1, 0.15) is 0 Å². The van der Waals surface area contributed by atoms with Crippen molar-refractivity contribution in [3.8, 4) is 0 Å². The van der Waals surface area contributed by atoms with Crippen molar-refractivity contribution in [3.63, 3.8) is 0 Å². The van der Waals surface area contributed by atoms with Crippen molar-refractivity contribution in [2.24, 2.45) is 5.16 Å². The molecule has 5 heteroatoms. The molecule has 0 heterocycles. The summed E-state index contributed by atoms with van der Waals surface area (Å²) in [7, 11) is 0. The van der Waals surface area contributed by atoms with Crippen LogP contribution in [0, 0.1) is 0 Å². The van der Waals surface area contributed by atoms with Crippen LogP contribution < -0.4 is 11.2 Å². The van der Waals surface area contributed by atoms with Crippen LogP contribution in [0.25, 0.3) is 0 Å². The first-order valence-corrected chi connectivity index (χ1v) is 6.26. The van der Waals surface area contributed by atoms with Gasteiger partial charge in [-0.25, -0.2) is 0 Å². The summed E-state index contributed by atoms with van der Waals surface area (Å²) in [5.74, 6) is 0. The number of nitrogens with one attached hydrogen (secondary N) is 1. The molecule has 2 rings (SSSR count). The van der Waals surface area contributed by atoms with Gasteiger partial charge in [-0.2, -0.15) is 5.48 Å². The Morgan fingerprint density at radius 3 is 2.30 bits per heavy atom. The Hall–Kier alpha value is -2.37. The van der Waals surface area contributed by atoms with Gasteiger partial charge in [0.05, 0.1) is 11.8 Å². The molecule has 0 fully saturated rings. The maximum absolute atomic E-state index is 9.32. The zero-order valence-corrected chi connectivity index (χ0v) is 10.9. The van der Waals surface area contributed by atoms with Crippen LogP contribution in [0.2, 0.25) is 0 Å². The van der Waals surface area contributed by atoms with Crippen molar-refractivity contribution >= 4 is 11.4 Å². The van der Waals surface area contributed by atoms with Gasteiger partial charge < -0.3 is 16.1 Å². The Balaban J connectivity index is 2.19. The van der Waals surface area contributed by atoms with E-state index in [4.69, 9.17) is 5.73 Å². The monoisotopic (exact) mass is 271 g/mol. The second kappa shape index (κ2) is 6.70. The summed E-state index contributed by atoms with van der Waals surface area (Å²) in [5.41, 5.74) is 10.7. The van der Waals surface area contributed by atoms with Crippen LogP contribution in [-0.4, -0.2) is 16.1 Å². The van der Waals surface area contributed by atoms with Crippen LogP contribution in [0.15, 0.2) is 59.8 Å². The molecule has 0 aliphatic heterocycles. The van der Waals surface area contributed by atoms with Gasteiger partial charge in [0.2, 0.25) is 0 Å². The highest BCUT2D eigenvalue weighted by atomic mass is 16.5. The lowest BCUT2D eigenvalue weighted by Gasteiger charge is -2.16. The molecule has 1 unspecified atom stereocenters. The normalized spacial score (nSPS) is 13.2. The molecule has 0 amide bonds. The first-order chi connectivity index (χ1) is 9.74. The molecule has 5 nitrogen and oxygen atoms in total. The number of hydroxylamine groups is 1. The zero-order chi connectivity index (χ0) is 14.4. The van der Waals surface area contributed by atoms with E-state index in [1.807, 2.05) is 42.5 Å². The van der Waals surface area contributed by atoms with Crippen molar-refractivity contribution in [3.05, 3.63) is 65.7 Å². The Bertz CT molecular complexity index is 567. The highest BCUT2D eigenvalue weighted by Gasteiger charge is 2.15. The lowest BCUT2D eigenvalue weighted by molar-refractivity contribution is 0.128. The van der Waals surface area contributed by atoms with Crippen LogP contribution >= 0.6 is 0 Å². The molecule has 0 aromatic heterocycles. The molecule has 5 N–H and O–H groups in total. The molecule has 0 spiro atoms. The Morgan fingerprint density at radius 1 is 1.10 bits per heavy atom. The van der Waals surface area contributed by atoms with E-state index in [1.54, 1.807) is 12.1 Å². The van der Waals surface area contributed by atoms with Gasteiger partial charge in [-0.15, -0.1) is 0 Å². The minimum Gasteiger partial charge on any atom is -0.411 e. The molecule has 1 atom stereocenters. The van der Waals surface area contributed by atoms with E-state index >= 15 is 0 Å². The van der Waals surface area contributed by atoms with Crippen LogP contribution in [0.5, 0.6) is 0 Å². The molecule has 20 heavy (non-hydrogen) atoms. The third kappa shape index (κ3) is 3.34. The molecule has 2 aromatic carbocycles. The highest BCUT2D eigenvalue weighted by Crippen LogP contribution is 2.20. The molecule has 0 radical (unpaired) electrons. The van der Waals surface area contributed by atoms with Crippen molar-refractivity contribution in [1.29, 1.82) is 0 Å². The average Bonchev–Trinajstić information content (AvgIpc) is 2.51. The Morgan fingerprint density at radius 2 is 1.75 bits per heavy atom. The Labute approximate surface area is 117 Å². The van der Waals surface area contributed by atoms with Gasteiger partial charge in [0.15, 0.2) is 0 Å². The topological polar surface area (TPSA) is 90.9 Å². The molecule has 0 bridgehead atoms. The largest absolute Gasteiger partial charge is 0.411 e. The number of rotatable bonds is 5. The van der Waals surface area contributed by atoms with Crippen LogP contribution in [0.4, 0.5) is 5.69 Å².